The minimum atomic E-state index is -0.443. The minimum absolute atomic E-state index is 0.128. The Morgan fingerprint density at radius 1 is 1.45 bits per heavy atom. The average molecular weight is 278 g/mol. The fourth-order valence-electron chi connectivity index (χ4n) is 1.74. The third-order valence-corrected chi connectivity index (χ3v) is 2.62. The molecular formula is C12H15FN6O. The SMILES string of the molecule is Cn1cnc(CNCc2cc(F)cc(/C(N)=N/O)c2)n1. The van der Waals surface area contributed by atoms with Crippen LogP contribution < -0.4 is 11.1 Å². The number of hydrogen-bond donors (Lipinski definition) is 3. The summed E-state index contributed by atoms with van der Waals surface area (Å²) in [6, 6.07) is 4.24. The van der Waals surface area contributed by atoms with Crippen molar-refractivity contribution in [2.45, 2.75) is 13.1 Å². The fourth-order valence-corrected chi connectivity index (χ4v) is 1.74. The van der Waals surface area contributed by atoms with Crippen molar-refractivity contribution in [3.8, 4) is 0 Å². The molecule has 1 heterocycles. The van der Waals surface area contributed by atoms with Crippen LogP contribution in [-0.2, 0) is 20.1 Å². The Hall–Kier alpha value is -2.48. The maximum absolute atomic E-state index is 13.4. The van der Waals surface area contributed by atoms with Gasteiger partial charge in [-0.2, -0.15) is 5.10 Å². The summed E-state index contributed by atoms with van der Waals surface area (Å²) in [5.74, 6) is 0.0829. The molecule has 2 aromatic rings. The van der Waals surface area contributed by atoms with E-state index in [9.17, 15) is 4.39 Å². The molecular weight excluding hydrogens is 263 g/mol. The number of benzene rings is 1. The summed E-state index contributed by atoms with van der Waals surface area (Å²) < 4.78 is 15.0. The van der Waals surface area contributed by atoms with E-state index in [1.165, 1.54) is 12.1 Å². The molecule has 2 rings (SSSR count). The van der Waals surface area contributed by atoms with Crippen LogP contribution in [0.25, 0.3) is 0 Å². The second-order valence-corrected chi connectivity index (χ2v) is 4.27. The number of oxime groups is 1. The number of aryl methyl sites for hydroxylation is 1. The number of rotatable bonds is 5. The normalized spacial score (nSPS) is 11.8. The Morgan fingerprint density at radius 2 is 2.25 bits per heavy atom. The standard InChI is InChI=1S/C12H15FN6O/c1-19-7-16-11(17-19)6-15-5-8-2-9(12(14)18-20)4-10(13)3-8/h2-4,7,15,20H,5-6H2,1H3,(H2,14,18). The molecule has 0 unspecified atom stereocenters. The largest absolute Gasteiger partial charge is 0.409 e. The van der Waals surface area contributed by atoms with Gasteiger partial charge in [0.25, 0.3) is 0 Å². The predicted molar refractivity (Wildman–Crippen MR) is 70.5 cm³/mol. The summed E-state index contributed by atoms with van der Waals surface area (Å²) in [6.45, 7) is 0.887. The first-order valence-electron chi connectivity index (χ1n) is 5.91. The molecule has 0 aliphatic carbocycles. The summed E-state index contributed by atoms with van der Waals surface area (Å²) in [6.07, 6.45) is 1.61. The number of aromatic nitrogens is 3. The Bertz CT molecular complexity index is 624. The zero-order valence-electron chi connectivity index (χ0n) is 10.9. The lowest BCUT2D eigenvalue weighted by molar-refractivity contribution is 0.318. The van der Waals surface area contributed by atoms with E-state index in [0.29, 0.717) is 30.0 Å². The summed E-state index contributed by atoms with van der Waals surface area (Å²) in [4.78, 5) is 4.07. The summed E-state index contributed by atoms with van der Waals surface area (Å²) in [7, 11) is 1.78. The van der Waals surface area contributed by atoms with Crippen molar-refractivity contribution in [2.24, 2.45) is 17.9 Å². The number of hydrogen-bond acceptors (Lipinski definition) is 5. The van der Waals surface area contributed by atoms with Crippen molar-refractivity contribution in [2.75, 3.05) is 0 Å². The van der Waals surface area contributed by atoms with E-state index in [1.54, 1.807) is 24.1 Å². The van der Waals surface area contributed by atoms with E-state index < -0.39 is 5.82 Å². The van der Waals surface area contributed by atoms with Gasteiger partial charge < -0.3 is 16.3 Å². The van der Waals surface area contributed by atoms with Gasteiger partial charge in [0.2, 0.25) is 0 Å². The number of nitrogens with zero attached hydrogens (tertiary/aromatic N) is 4. The zero-order valence-corrected chi connectivity index (χ0v) is 10.9. The van der Waals surface area contributed by atoms with E-state index in [-0.39, 0.29) is 5.84 Å². The molecule has 4 N–H and O–H groups in total. The van der Waals surface area contributed by atoms with Gasteiger partial charge in [0.05, 0.1) is 6.54 Å². The highest BCUT2D eigenvalue weighted by atomic mass is 19.1. The van der Waals surface area contributed by atoms with Gasteiger partial charge in [-0.3, -0.25) is 4.68 Å². The lowest BCUT2D eigenvalue weighted by atomic mass is 10.1. The van der Waals surface area contributed by atoms with E-state index in [0.717, 1.165) is 0 Å². The molecule has 0 aliphatic rings. The van der Waals surface area contributed by atoms with Gasteiger partial charge >= 0.3 is 0 Å². The second kappa shape index (κ2) is 6.11. The van der Waals surface area contributed by atoms with Crippen LogP contribution >= 0.6 is 0 Å². The molecule has 0 saturated carbocycles. The topological polar surface area (TPSA) is 101 Å². The van der Waals surface area contributed by atoms with Crippen molar-refractivity contribution in [3.05, 3.63) is 47.3 Å². The van der Waals surface area contributed by atoms with Crippen LogP contribution in [0, 0.1) is 5.82 Å². The summed E-state index contributed by atoms with van der Waals surface area (Å²) in [5.41, 5.74) is 6.46. The summed E-state index contributed by atoms with van der Waals surface area (Å²) in [5, 5.41) is 18.7. The Morgan fingerprint density at radius 3 is 2.90 bits per heavy atom. The van der Waals surface area contributed by atoms with Crippen LogP contribution in [0.15, 0.2) is 29.7 Å². The molecule has 0 aliphatic heterocycles. The molecule has 0 amide bonds. The summed E-state index contributed by atoms with van der Waals surface area (Å²) >= 11 is 0. The Balaban J connectivity index is 2.00. The number of nitrogens with one attached hydrogen (secondary N) is 1. The van der Waals surface area contributed by atoms with Crippen molar-refractivity contribution < 1.29 is 9.60 Å². The molecule has 1 aromatic carbocycles. The Labute approximate surface area is 114 Å². The number of nitrogens with two attached hydrogens (primary N) is 1. The van der Waals surface area contributed by atoms with Crippen molar-refractivity contribution >= 4 is 5.84 Å². The molecule has 0 atom stereocenters. The average Bonchev–Trinajstić information content (AvgIpc) is 2.83. The van der Waals surface area contributed by atoms with Crippen LogP contribution in [0.2, 0.25) is 0 Å². The van der Waals surface area contributed by atoms with Gasteiger partial charge in [-0.1, -0.05) is 5.16 Å². The smallest absolute Gasteiger partial charge is 0.170 e. The maximum Gasteiger partial charge on any atom is 0.170 e. The minimum Gasteiger partial charge on any atom is -0.409 e. The van der Waals surface area contributed by atoms with Gasteiger partial charge in [-0.25, -0.2) is 9.37 Å². The molecule has 0 spiro atoms. The van der Waals surface area contributed by atoms with Crippen LogP contribution in [0.4, 0.5) is 4.39 Å². The molecule has 0 saturated heterocycles. The lowest BCUT2D eigenvalue weighted by Crippen LogP contribution is -2.17. The second-order valence-electron chi connectivity index (χ2n) is 4.27. The quantitative estimate of drug-likeness (QED) is 0.317. The van der Waals surface area contributed by atoms with Crippen molar-refractivity contribution in [1.82, 2.24) is 20.1 Å². The third kappa shape index (κ3) is 3.51. The molecule has 8 heteroatoms. The van der Waals surface area contributed by atoms with Crippen molar-refractivity contribution in [3.63, 3.8) is 0 Å². The van der Waals surface area contributed by atoms with Crippen LogP contribution in [0.1, 0.15) is 17.0 Å². The van der Waals surface area contributed by atoms with E-state index >= 15 is 0 Å². The van der Waals surface area contributed by atoms with Gasteiger partial charge in [-0.05, 0) is 23.8 Å². The van der Waals surface area contributed by atoms with Crippen LogP contribution in [0.5, 0.6) is 0 Å². The van der Waals surface area contributed by atoms with Crippen LogP contribution in [-0.4, -0.2) is 25.8 Å². The zero-order chi connectivity index (χ0) is 14.5. The van der Waals surface area contributed by atoms with Gasteiger partial charge in [-0.15, -0.1) is 0 Å². The predicted octanol–water partition coefficient (Wildman–Crippen LogP) is 0.338. The molecule has 0 bridgehead atoms. The molecule has 0 fully saturated rings. The van der Waals surface area contributed by atoms with E-state index in [1.807, 2.05) is 0 Å². The highest BCUT2D eigenvalue weighted by Gasteiger charge is 2.05. The highest BCUT2D eigenvalue weighted by molar-refractivity contribution is 5.97. The van der Waals surface area contributed by atoms with Gasteiger partial charge in [0, 0.05) is 19.2 Å². The third-order valence-electron chi connectivity index (χ3n) is 2.62. The van der Waals surface area contributed by atoms with Crippen LogP contribution in [0.3, 0.4) is 0 Å². The first-order valence-corrected chi connectivity index (χ1v) is 5.91. The maximum atomic E-state index is 13.4. The molecule has 1 aromatic heterocycles. The Kier molecular flexibility index (Phi) is 4.26. The number of amidine groups is 1. The molecule has 7 nitrogen and oxygen atoms in total. The highest BCUT2D eigenvalue weighted by Crippen LogP contribution is 2.09. The van der Waals surface area contributed by atoms with Crippen molar-refractivity contribution in [1.29, 1.82) is 0 Å². The molecule has 106 valence electrons. The first-order chi connectivity index (χ1) is 9.58. The lowest BCUT2D eigenvalue weighted by Gasteiger charge is -2.06. The molecule has 0 radical (unpaired) electrons. The van der Waals surface area contributed by atoms with E-state index in [4.69, 9.17) is 10.9 Å². The number of halogens is 1. The van der Waals surface area contributed by atoms with Gasteiger partial charge in [0.1, 0.15) is 12.1 Å². The molecule has 20 heavy (non-hydrogen) atoms. The monoisotopic (exact) mass is 278 g/mol. The fraction of sp³-hybridized carbons (Fsp3) is 0.250. The van der Waals surface area contributed by atoms with Gasteiger partial charge in [0.15, 0.2) is 11.7 Å². The van der Waals surface area contributed by atoms with E-state index in [2.05, 4.69) is 20.6 Å². The first kappa shape index (κ1) is 13.9.